The number of piperazine rings is 1. The fourth-order valence-corrected chi connectivity index (χ4v) is 3.23. The van der Waals surface area contributed by atoms with Gasteiger partial charge in [-0.1, -0.05) is 60.7 Å². The van der Waals surface area contributed by atoms with Gasteiger partial charge in [0.05, 0.1) is 13.2 Å². The third kappa shape index (κ3) is 3.44. The van der Waals surface area contributed by atoms with E-state index in [0.29, 0.717) is 6.54 Å². The molecule has 1 N–H and O–H groups in total. The number of benzene rings is 2. The molecular formula is C19H22N2O2. The predicted octanol–water partition coefficient (Wildman–Crippen LogP) is 2.22. The molecule has 2 aromatic carbocycles. The Labute approximate surface area is 137 Å². The summed E-state index contributed by atoms with van der Waals surface area (Å²) in [5.41, 5.74) is 2.38. The summed E-state index contributed by atoms with van der Waals surface area (Å²) in [6.45, 7) is 2.28. The Kier molecular flexibility index (Phi) is 5.05. The lowest BCUT2D eigenvalue weighted by Gasteiger charge is -2.40. The van der Waals surface area contributed by atoms with Gasteiger partial charge in [-0.25, -0.2) is 0 Å². The van der Waals surface area contributed by atoms with Gasteiger partial charge in [-0.15, -0.1) is 0 Å². The summed E-state index contributed by atoms with van der Waals surface area (Å²) in [6.07, 6.45) is 0. The van der Waals surface area contributed by atoms with E-state index in [1.165, 1.54) is 18.2 Å². The molecule has 1 heterocycles. The van der Waals surface area contributed by atoms with E-state index in [1.807, 2.05) is 36.4 Å². The van der Waals surface area contributed by atoms with Crippen molar-refractivity contribution in [3.05, 3.63) is 71.8 Å². The van der Waals surface area contributed by atoms with Crippen LogP contribution < -0.4 is 5.32 Å². The second-order valence-corrected chi connectivity index (χ2v) is 5.70. The van der Waals surface area contributed by atoms with Gasteiger partial charge in [-0.3, -0.25) is 9.69 Å². The summed E-state index contributed by atoms with van der Waals surface area (Å²) in [7, 11) is 1.45. The van der Waals surface area contributed by atoms with Crippen molar-refractivity contribution < 1.29 is 9.53 Å². The van der Waals surface area contributed by atoms with E-state index in [4.69, 9.17) is 4.74 Å². The van der Waals surface area contributed by atoms with Gasteiger partial charge in [-0.2, -0.15) is 0 Å². The van der Waals surface area contributed by atoms with Gasteiger partial charge >= 0.3 is 5.97 Å². The molecule has 0 saturated carbocycles. The van der Waals surface area contributed by atoms with Crippen molar-refractivity contribution in [2.24, 2.45) is 0 Å². The van der Waals surface area contributed by atoms with Gasteiger partial charge in [0.1, 0.15) is 6.04 Å². The Morgan fingerprint density at radius 1 is 1.09 bits per heavy atom. The van der Waals surface area contributed by atoms with Crippen molar-refractivity contribution >= 4 is 5.97 Å². The molecule has 0 unspecified atom stereocenters. The zero-order valence-electron chi connectivity index (χ0n) is 13.3. The van der Waals surface area contributed by atoms with E-state index >= 15 is 0 Å². The highest BCUT2D eigenvalue weighted by molar-refractivity contribution is 5.76. The van der Waals surface area contributed by atoms with Crippen molar-refractivity contribution in [3.63, 3.8) is 0 Å². The number of ether oxygens (including phenoxy) is 1. The first-order valence-corrected chi connectivity index (χ1v) is 7.95. The van der Waals surface area contributed by atoms with E-state index in [0.717, 1.165) is 13.1 Å². The molecule has 1 atom stereocenters. The van der Waals surface area contributed by atoms with E-state index in [9.17, 15) is 4.79 Å². The monoisotopic (exact) mass is 310 g/mol. The Hall–Kier alpha value is -2.17. The zero-order valence-corrected chi connectivity index (χ0v) is 13.3. The summed E-state index contributed by atoms with van der Waals surface area (Å²) >= 11 is 0. The normalized spacial score (nSPS) is 18.8. The fourth-order valence-electron chi connectivity index (χ4n) is 3.23. The SMILES string of the molecule is COC(=O)[C@@H]1CNCCN1C(c1ccccc1)c1ccccc1. The molecule has 0 aliphatic carbocycles. The second kappa shape index (κ2) is 7.40. The maximum absolute atomic E-state index is 12.2. The summed E-state index contributed by atoms with van der Waals surface area (Å²) in [5, 5.41) is 3.30. The molecule has 0 aromatic heterocycles. The quantitative estimate of drug-likeness (QED) is 0.879. The first kappa shape index (κ1) is 15.7. The van der Waals surface area contributed by atoms with Crippen LogP contribution in [0.5, 0.6) is 0 Å². The van der Waals surface area contributed by atoms with Crippen LogP contribution in [0.2, 0.25) is 0 Å². The Morgan fingerprint density at radius 2 is 1.65 bits per heavy atom. The first-order chi connectivity index (χ1) is 11.3. The highest BCUT2D eigenvalue weighted by atomic mass is 16.5. The molecule has 1 aliphatic heterocycles. The number of nitrogens with zero attached hydrogens (tertiary/aromatic N) is 1. The van der Waals surface area contributed by atoms with Gasteiger partial charge in [0.15, 0.2) is 0 Å². The minimum Gasteiger partial charge on any atom is -0.468 e. The van der Waals surface area contributed by atoms with Crippen LogP contribution in [0, 0.1) is 0 Å². The van der Waals surface area contributed by atoms with Crippen LogP contribution in [-0.2, 0) is 9.53 Å². The van der Waals surface area contributed by atoms with Gasteiger partial charge < -0.3 is 10.1 Å². The van der Waals surface area contributed by atoms with Crippen molar-refractivity contribution in [2.75, 3.05) is 26.7 Å². The van der Waals surface area contributed by atoms with E-state index in [1.54, 1.807) is 0 Å². The minimum atomic E-state index is -0.279. The third-order valence-corrected chi connectivity index (χ3v) is 4.32. The fraction of sp³-hybridized carbons (Fsp3) is 0.316. The number of esters is 1. The topological polar surface area (TPSA) is 41.6 Å². The molecule has 1 fully saturated rings. The van der Waals surface area contributed by atoms with Gasteiger partial charge in [-0.05, 0) is 11.1 Å². The number of rotatable bonds is 4. The molecule has 0 spiro atoms. The van der Waals surface area contributed by atoms with Crippen LogP contribution in [0.15, 0.2) is 60.7 Å². The third-order valence-electron chi connectivity index (χ3n) is 4.32. The minimum absolute atomic E-state index is 0.0450. The van der Waals surface area contributed by atoms with E-state index in [2.05, 4.69) is 34.5 Å². The summed E-state index contributed by atoms with van der Waals surface area (Å²) in [4.78, 5) is 14.5. The average Bonchev–Trinajstić information content (AvgIpc) is 2.63. The average molecular weight is 310 g/mol. The van der Waals surface area contributed by atoms with Crippen LogP contribution >= 0.6 is 0 Å². The summed E-state index contributed by atoms with van der Waals surface area (Å²) in [6, 6.07) is 20.4. The molecular weight excluding hydrogens is 288 g/mol. The lowest BCUT2D eigenvalue weighted by Crippen LogP contribution is -2.56. The van der Waals surface area contributed by atoms with Crippen LogP contribution in [-0.4, -0.2) is 43.7 Å². The van der Waals surface area contributed by atoms with Crippen molar-refractivity contribution in [1.82, 2.24) is 10.2 Å². The summed E-state index contributed by atoms with van der Waals surface area (Å²) < 4.78 is 5.02. The Balaban J connectivity index is 2.02. The predicted molar refractivity (Wildman–Crippen MR) is 90.1 cm³/mol. The number of carbonyl (C=O) groups is 1. The number of hydrogen-bond acceptors (Lipinski definition) is 4. The molecule has 0 amide bonds. The lowest BCUT2D eigenvalue weighted by molar-refractivity contribution is -0.148. The zero-order chi connectivity index (χ0) is 16.1. The van der Waals surface area contributed by atoms with E-state index in [-0.39, 0.29) is 18.1 Å². The van der Waals surface area contributed by atoms with Gasteiger partial charge in [0, 0.05) is 19.6 Å². The molecule has 4 heteroatoms. The highest BCUT2D eigenvalue weighted by Crippen LogP contribution is 2.31. The molecule has 4 nitrogen and oxygen atoms in total. The molecule has 1 aliphatic rings. The van der Waals surface area contributed by atoms with Crippen LogP contribution in [0.3, 0.4) is 0 Å². The van der Waals surface area contributed by atoms with Crippen LogP contribution in [0.4, 0.5) is 0 Å². The molecule has 3 rings (SSSR count). The number of methoxy groups -OCH3 is 1. The maximum atomic E-state index is 12.2. The number of carbonyl (C=O) groups excluding carboxylic acids is 1. The molecule has 0 bridgehead atoms. The molecule has 23 heavy (non-hydrogen) atoms. The van der Waals surface area contributed by atoms with Crippen molar-refractivity contribution in [2.45, 2.75) is 12.1 Å². The largest absolute Gasteiger partial charge is 0.468 e. The van der Waals surface area contributed by atoms with Gasteiger partial charge in [0.2, 0.25) is 0 Å². The Bertz CT molecular complexity index is 591. The maximum Gasteiger partial charge on any atom is 0.324 e. The van der Waals surface area contributed by atoms with Crippen LogP contribution in [0.25, 0.3) is 0 Å². The van der Waals surface area contributed by atoms with E-state index < -0.39 is 0 Å². The summed E-state index contributed by atoms with van der Waals surface area (Å²) in [5.74, 6) is -0.186. The number of nitrogens with one attached hydrogen (secondary N) is 1. The lowest BCUT2D eigenvalue weighted by atomic mass is 9.94. The first-order valence-electron chi connectivity index (χ1n) is 7.95. The molecule has 0 radical (unpaired) electrons. The second-order valence-electron chi connectivity index (χ2n) is 5.70. The van der Waals surface area contributed by atoms with Crippen LogP contribution in [0.1, 0.15) is 17.2 Å². The van der Waals surface area contributed by atoms with Crippen molar-refractivity contribution in [1.29, 1.82) is 0 Å². The molecule has 120 valence electrons. The molecule has 2 aromatic rings. The molecule has 1 saturated heterocycles. The van der Waals surface area contributed by atoms with Gasteiger partial charge in [0.25, 0.3) is 0 Å². The van der Waals surface area contributed by atoms with Crippen molar-refractivity contribution in [3.8, 4) is 0 Å². The Morgan fingerprint density at radius 3 is 2.17 bits per heavy atom. The highest BCUT2D eigenvalue weighted by Gasteiger charge is 2.35. The standard InChI is InChI=1S/C19H22N2O2/c1-23-19(22)17-14-20-12-13-21(17)18(15-8-4-2-5-9-15)16-10-6-3-7-11-16/h2-11,17-18,20H,12-14H2,1H3/t17-/m0/s1. The smallest absolute Gasteiger partial charge is 0.324 e. The number of hydrogen-bond donors (Lipinski definition) is 1.